The van der Waals surface area contributed by atoms with Gasteiger partial charge in [0.15, 0.2) is 0 Å². The van der Waals surface area contributed by atoms with E-state index in [2.05, 4.69) is 10.2 Å². The molecule has 2 aliphatic heterocycles. The van der Waals surface area contributed by atoms with Crippen molar-refractivity contribution in [3.8, 4) is 17.2 Å². The van der Waals surface area contributed by atoms with Crippen molar-refractivity contribution in [1.29, 1.82) is 0 Å². The number of nitrogens with zero attached hydrogens (tertiary/aromatic N) is 2. The molecule has 0 radical (unpaired) electrons. The number of carbonyl (C=O) groups is 2. The van der Waals surface area contributed by atoms with E-state index in [0.29, 0.717) is 54.2 Å². The number of ether oxygens (including phenoxy) is 3. The Hall–Kier alpha value is -3.46. The van der Waals surface area contributed by atoms with Crippen molar-refractivity contribution in [3.63, 3.8) is 0 Å². The molecule has 40 heavy (non-hydrogen) atoms. The summed E-state index contributed by atoms with van der Waals surface area (Å²) in [6.07, 6.45) is 7.18. The molecule has 2 N–H and O–H groups in total. The number of likely N-dealkylation sites (tertiary alicyclic amines) is 2. The number of hydrogen-bond acceptors (Lipinski definition) is 6. The van der Waals surface area contributed by atoms with E-state index in [4.69, 9.17) is 14.2 Å². The average molecular weight is 554 g/mol. The summed E-state index contributed by atoms with van der Waals surface area (Å²) in [5.74, 6) is 2.10. The van der Waals surface area contributed by atoms with Crippen LogP contribution in [0.15, 0.2) is 42.5 Å². The van der Waals surface area contributed by atoms with Crippen molar-refractivity contribution >= 4 is 12.0 Å². The quantitative estimate of drug-likeness (QED) is 0.447. The molecule has 2 aromatic rings. The van der Waals surface area contributed by atoms with Crippen molar-refractivity contribution in [2.75, 3.05) is 54.1 Å². The number of fused-ring (bicyclic) bond motifs is 1. The Kier molecular flexibility index (Phi) is 10.5. The minimum absolute atomic E-state index is 0.0999. The van der Waals surface area contributed by atoms with Crippen LogP contribution in [0, 0.1) is 11.8 Å². The van der Waals surface area contributed by atoms with Crippen LogP contribution >= 0.6 is 0 Å². The molecule has 218 valence electrons. The monoisotopic (exact) mass is 553 g/mol. The molecule has 1 saturated carbocycles. The molecule has 2 amide bonds. The second-order valence-electron chi connectivity index (χ2n) is 10.9. The Balaban J connectivity index is 0.000000666. The Morgan fingerprint density at radius 2 is 1.43 bits per heavy atom. The highest BCUT2D eigenvalue weighted by Crippen LogP contribution is 2.38. The first-order valence-corrected chi connectivity index (χ1v) is 14.3. The summed E-state index contributed by atoms with van der Waals surface area (Å²) in [6, 6.07) is 12.8. The highest BCUT2D eigenvalue weighted by atomic mass is 16.5. The molecule has 2 saturated heterocycles. The van der Waals surface area contributed by atoms with Gasteiger partial charge < -0.3 is 34.4 Å². The van der Waals surface area contributed by atoms with Gasteiger partial charge in [-0.2, -0.15) is 0 Å². The number of methoxy groups -OCH3 is 3. The molecule has 9 heteroatoms. The molecular weight excluding hydrogens is 510 g/mol. The summed E-state index contributed by atoms with van der Waals surface area (Å²) in [5.41, 5.74) is 1.38. The van der Waals surface area contributed by atoms with Gasteiger partial charge in [-0.3, -0.25) is 4.79 Å². The van der Waals surface area contributed by atoms with Gasteiger partial charge in [0.1, 0.15) is 22.8 Å². The number of benzene rings is 2. The van der Waals surface area contributed by atoms with Gasteiger partial charge in [0.25, 0.3) is 5.91 Å². The maximum atomic E-state index is 13.4. The lowest BCUT2D eigenvalue weighted by molar-refractivity contribution is 0.0767. The zero-order chi connectivity index (χ0) is 28.5. The summed E-state index contributed by atoms with van der Waals surface area (Å²) >= 11 is 0. The van der Waals surface area contributed by atoms with Crippen LogP contribution in [-0.2, 0) is 0 Å². The van der Waals surface area contributed by atoms with Crippen LogP contribution in [0.2, 0.25) is 0 Å². The third kappa shape index (κ3) is 7.38. The number of rotatable bonds is 9. The normalized spacial score (nSPS) is 20.7. The lowest BCUT2D eigenvalue weighted by Gasteiger charge is -2.25. The molecule has 1 aliphatic carbocycles. The van der Waals surface area contributed by atoms with Crippen molar-refractivity contribution in [2.45, 2.75) is 44.6 Å². The van der Waals surface area contributed by atoms with Gasteiger partial charge in [0.05, 0.1) is 27.4 Å². The standard InChI is InChI=1S/C26H33N3O6.C5H10/c1-33-20-11-22(34-2)24(23(12-20)35-3)25(30)29-15-18-13-28(14-19(18)16-29)10-9-21(27-26(31)32)17-7-5-4-6-8-17;1-2-4-5-3-1/h4-8,11-12,18-19,21,27H,9-10,13-16H2,1-3H3,(H,31,32);1-5H2/t18-,19?,21?;/m0./s1. The molecular formula is C31H43N3O6. The first kappa shape index (κ1) is 29.5. The number of carbonyl (C=O) groups excluding carboxylic acids is 1. The van der Waals surface area contributed by atoms with Crippen molar-refractivity contribution in [1.82, 2.24) is 15.1 Å². The van der Waals surface area contributed by atoms with Gasteiger partial charge in [-0.15, -0.1) is 0 Å². The molecule has 0 aromatic heterocycles. The second-order valence-corrected chi connectivity index (χ2v) is 10.9. The predicted octanol–water partition coefficient (Wildman–Crippen LogP) is 5.07. The zero-order valence-electron chi connectivity index (χ0n) is 23.9. The Bertz CT molecular complexity index is 1080. The van der Waals surface area contributed by atoms with E-state index in [-0.39, 0.29) is 11.9 Å². The topological polar surface area (TPSA) is 101 Å². The summed E-state index contributed by atoms with van der Waals surface area (Å²) in [7, 11) is 4.62. The van der Waals surface area contributed by atoms with Crippen LogP contribution < -0.4 is 19.5 Å². The highest BCUT2D eigenvalue weighted by molar-refractivity contribution is 6.00. The molecule has 3 fully saturated rings. The van der Waals surface area contributed by atoms with Crippen molar-refractivity contribution in [3.05, 3.63) is 53.6 Å². The van der Waals surface area contributed by atoms with Crippen LogP contribution in [0.4, 0.5) is 4.79 Å². The SMILES string of the molecule is C1CCCC1.COc1cc(OC)c(C(=O)N2CC3CN(CCC(NC(=O)O)c4ccccc4)C[C@H]3C2)c(OC)c1. The lowest BCUT2D eigenvalue weighted by Crippen LogP contribution is -2.35. The van der Waals surface area contributed by atoms with Gasteiger partial charge in [-0.1, -0.05) is 62.4 Å². The average Bonchev–Trinajstić information content (AvgIpc) is 3.74. The van der Waals surface area contributed by atoms with Crippen LogP contribution in [0.1, 0.15) is 60.5 Å². The predicted molar refractivity (Wildman–Crippen MR) is 153 cm³/mol. The summed E-state index contributed by atoms with van der Waals surface area (Å²) in [6.45, 7) is 3.92. The fraction of sp³-hybridized carbons (Fsp3) is 0.548. The molecule has 2 heterocycles. The molecule has 3 aliphatic rings. The zero-order valence-corrected chi connectivity index (χ0v) is 23.9. The largest absolute Gasteiger partial charge is 0.496 e. The molecule has 0 bridgehead atoms. The molecule has 3 atom stereocenters. The minimum atomic E-state index is -1.02. The maximum absolute atomic E-state index is 13.4. The van der Waals surface area contributed by atoms with Crippen LogP contribution in [-0.4, -0.2) is 81.0 Å². The molecule has 9 nitrogen and oxygen atoms in total. The van der Waals surface area contributed by atoms with E-state index in [9.17, 15) is 14.7 Å². The van der Waals surface area contributed by atoms with Gasteiger partial charge in [-0.25, -0.2) is 4.79 Å². The van der Waals surface area contributed by atoms with Crippen LogP contribution in [0.5, 0.6) is 17.2 Å². The minimum Gasteiger partial charge on any atom is -0.496 e. The van der Waals surface area contributed by atoms with E-state index in [1.54, 1.807) is 19.2 Å². The summed E-state index contributed by atoms with van der Waals surface area (Å²) in [4.78, 5) is 29.0. The van der Waals surface area contributed by atoms with E-state index in [1.807, 2.05) is 35.2 Å². The van der Waals surface area contributed by atoms with Crippen molar-refractivity contribution in [2.24, 2.45) is 11.8 Å². The fourth-order valence-electron chi connectivity index (χ4n) is 6.17. The number of carboxylic acid groups (broad SMARTS) is 1. The Morgan fingerprint density at radius 1 is 0.875 bits per heavy atom. The first-order valence-electron chi connectivity index (χ1n) is 14.3. The van der Waals surface area contributed by atoms with Gasteiger partial charge in [0, 0.05) is 44.9 Å². The number of amides is 2. The molecule has 5 rings (SSSR count). The van der Waals surface area contributed by atoms with E-state index < -0.39 is 6.09 Å². The van der Waals surface area contributed by atoms with Gasteiger partial charge in [-0.05, 0) is 23.8 Å². The number of hydrogen-bond donors (Lipinski definition) is 2. The molecule has 0 spiro atoms. The van der Waals surface area contributed by atoms with Crippen LogP contribution in [0.25, 0.3) is 0 Å². The Labute approximate surface area is 237 Å². The van der Waals surface area contributed by atoms with Crippen LogP contribution in [0.3, 0.4) is 0 Å². The Morgan fingerprint density at radius 3 is 1.90 bits per heavy atom. The van der Waals surface area contributed by atoms with Crippen molar-refractivity contribution < 1.29 is 28.9 Å². The van der Waals surface area contributed by atoms with E-state index >= 15 is 0 Å². The third-order valence-electron chi connectivity index (χ3n) is 8.26. The fourth-order valence-corrected chi connectivity index (χ4v) is 6.17. The highest BCUT2D eigenvalue weighted by Gasteiger charge is 2.42. The smallest absolute Gasteiger partial charge is 0.405 e. The third-order valence-corrected chi connectivity index (χ3v) is 8.26. The lowest BCUT2D eigenvalue weighted by atomic mass is 10.0. The summed E-state index contributed by atoms with van der Waals surface area (Å²) in [5, 5.41) is 11.9. The first-order chi connectivity index (χ1) is 19.4. The maximum Gasteiger partial charge on any atom is 0.405 e. The van der Waals surface area contributed by atoms with Gasteiger partial charge >= 0.3 is 6.09 Å². The molecule has 2 aromatic carbocycles. The van der Waals surface area contributed by atoms with Gasteiger partial charge in [0.2, 0.25) is 0 Å². The van der Waals surface area contributed by atoms with E-state index in [0.717, 1.165) is 25.2 Å². The number of nitrogens with one attached hydrogen (secondary N) is 1. The van der Waals surface area contributed by atoms with E-state index in [1.165, 1.54) is 46.3 Å². The molecule has 2 unspecified atom stereocenters. The summed E-state index contributed by atoms with van der Waals surface area (Å²) < 4.78 is 16.2. The second kappa shape index (κ2) is 14.3.